The molecule has 2 aromatic rings. The SMILES string of the molecule is CC[C@@H](C)NC(=O)[C@@H](CC)N(Cc1cccc(C)c1)C(=O)CCCN1C(=O)c2ccccc2S1(=O)=O. The first-order chi connectivity index (χ1) is 17.1. The van der Waals surface area contributed by atoms with Crippen LogP contribution in [-0.4, -0.2) is 54.0 Å². The minimum absolute atomic E-state index is 0.00448. The van der Waals surface area contributed by atoms with Crippen molar-refractivity contribution in [2.45, 2.75) is 76.9 Å². The minimum Gasteiger partial charge on any atom is -0.352 e. The van der Waals surface area contributed by atoms with Crippen LogP contribution in [0.1, 0.15) is 67.9 Å². The van der Waals surface area contributed by atoms with E-state index >= 15 is 0 Å². The first kappa shape index (κ1) is 27.4. The van der Waals surface area contributed by atoms with Crippen LogP contribution in [0.2, 0.25) is 0 Å². The number of amides is 3. The molecule has 0 fully saturated rings. The summed E-state index contributed by atoms with van der Waals surface area (Å²) >= 11 is 0. The quantitative estimate of drug-likeness (QED) is 0.494. The van der Waals surface area contributed by atoms with Crippen LogP contribution in [0.5, 0.6) is 0 Å². The van der Waals surface area contributed by atoms with Crippen LogP contribution in [0.4, 0.5) is 0 Å². The molecule has 1 N–H and O–H groups in total. The fraction of sp³-hybridized carbons (Fsp3) is 0.444. The second kappa shape index (κ2) is 11.7. The lowest BCUT2D eigenvalue weighted by atomic mass is 10.1. The van der Waals surface area contributed by atoms with Crippen molar-refractivity contribution in [3.8, 4) is 0 Å². The molecule has 0 aliphatic carbocycles. The van der Waals surface area contributed by atoms with Crippen LogP contribution in [0.15, 0.2) is 53.4 Å². The molecule has 36 heavy (non-hydrogen) atoms. The molecule has 0 spiro atoms. The third-order valence-corrected chi connectivity index (χ3v) is 8.33. The summed E-state index contributed by atoms with van der Waals surface area (Å²) < 4.78 is 26.5. The van der Waals surface area contributed by atoms with Crippen LogP contribution in [0.25, 0.3) is 0 Å². The molecular formula is C27H35N3O5S. The third kappa shape index (κ3) is 5.95. The number of hydrogen-bond acceptors (Lipinski definition) is 5. The Morgan fingerprint density at radius 1 is 1.06 bits per heavy atom. The third-order valence-electron chi connectivity index (χ3n) is 6.49. The lowest BCUT2D eigenvalue weighted by molar-refractivity contribution is -0.141. The largest absolute Gasteiger partial charge is 0.352 e. The van der Waals surface area contributed by atoms with E-state index in [4.69, 9.17) is 0 Å². The van der Waals surface area contributed by atoms with Gasteiger partial charge in [-0.25, -0.2) is 12.7 Å². The number of nitrogens with one attached hydrogen (secondary N) is 1. The molecule has 9 heteroatoms. The summed E-state index contributed by atoms with van der Waals surface area (Å²) in [6, 6.07) is 13.2. The van der Waals surface area contributed by atoms with Gasteiger partial charge in [0.2, 0.25) is 11.8 Å². The average molecular weight is 514 g/mol. The van der Waals surface area contributed by atoms with Crippen LogP contribution in [0.3, 0.4) is 0 Å². The maximum atomic E-state index is 13.4. The normalized spacial score (nSPS) is 15.8. The van der Waals surface area contributed by atoms with Crippen molar-refractivity contribution < 1.29 is 22.8 Å². The van der Waals surface area contributed by atoms with E-state index in [1.165, 1.54) is 12.1 Å². The van der Waals surface area contributed by atoms with Crippen molar-refractivity contribution in [1.82, 2.24) is 14.5 Å². The van der Waals surface area contributed by atoms with Crippen molar-refractivity contribution in [2.75, 3.05) is 6.54 Å². The molecule has 3 rings (SSSR count). The zero-order chi connectivity index (χ0) is 26.5. The van der Waals surface area contributed by atoms with Crippen molar-refractivity contribution in [2.24, 2.45) is 0 Å². The first-order valence-corrected chi connectivity index (χ1v) is 13.9. The van der Waals surface area contributed by atoms with Crippen LogP contribution in [0, 0.1) is 6.92 Å². The molecule has 1 aliphatic heterocycles. The fourth-order valence-electron chi connectivity index (χ4n) is 4.34. The van der Waals surface area contributed by atoms with E-state index in [9.17, 15) is 22.8 Å². The Morgan fingerprint density at radius 2 is 1.78 bits per heavy atom. The lowest BCUT2D eigenvalue weighted by Crippen LogP contribution is -2.50. The maximum absolute atomic E-state index is 13.4. The van der Waals surface area contributed by atoms with E-state index in [-0.39, 0.29) is 54.2 Å². The molecule has 1 heterocycles. The molecule has 0 saturated carbocycles. The zero-order valence-electron chi connectivity index (χ0n) is 21.4. The van der Waals surface area contributed by atoms with Crippen molar-refractivity contribution in [3.05, 3.63) is 65.2 Å². The van der Waals surface area contributed by atoms with E-state index in [0.29, 0.717) is 6.42 Å². The number of benzene rings is 2. The van der Waals surface area contributed by atoms with Gasteiger partial charge in [0.1, 0.15) is 10.9 Å². The number of nitrogens with zero attached hydrogens (tertiary/aromatic N) is 2. The molecular weight excluding hydrogens is 478 g/mol. The molecule has 0 unspecified atom stereocenters. The van der Waals surface area contributed by atoms with Gasteiger partial charge in [-0.05, 0) is 50.8 Å². The maximum Gasteiger partial charge on any atom is 0.269 e. The Balaban J connectivity index is 1.75. The minimum atomic E-state index is -3.92. The van der Waals surface area contributed by atoms with Crippen molar-refractivity contribution >= 4 is 27.7 Å². The van der Waals surface area contributed by atoms with Gasteiger partial charge in [0, 0.05) is 25.6 Å². The van der Waals surface area contributed by atoms with Gasteiger partial charge in [0.05, 0.1) is 5.56 Å². The monoisotopic (exact) mass is 513 g/mol. The van der Waals surface area contributed by atoms with E-state index in [1.807, 2.05) is 52.0 Å². The number of fused-ring (bicyclic) bond motifs is 1. The summed E-state index contributed by atoms with van der Waals surface area (Å²) in [6.07, 6.45) is 1.38. The standard InChI is InChI=1S/C27H35N3O5S/c1-5-20(4)28-26(32)23(6-2)29(18-21-12-9-11-19(3)17-21)25(31)15-10-16-30-27(33)22-13-7-8-14-24(22)36(30,34)35/h7-9,11-14,17,20,23H,5-6,10,15-16,18H2,1-4H3,(H,28,32)/t20-,23-/m1/s1. The van der Waals surface area contributed by atoms with E-state index in [0.717, 1.165) is 21.9 Å². The van der Waals surface area contributed by atoms with E-state index < -0.39 is 22.0 Å². The summed E-state index contributed by atoms with van der Waals surface area (Å²) in [7, 11) is -3.92. The Kier molecular flexibility index (Phi) is 8.89. The molecule has 3 amide bonds. The molecule has 0 saturated heterocycles. The average Bonchev–Trinajstić information content (AvgIpc) is 3.04. The van der Waals surface area contributed by atoms with Gasteiger partial charge < -0.3 is 10.2 Å². The number of carbonyl (C=O) groups is 3. The fourth-order valence-corrected chi connectivity index (χ4v) is 5.94. The van der Waals surface area contributed by atoms with Crippen molar-refractivity contribution in [1.29, 1.82) is 0 Å². The molecule has 2 aromatic carbocycles. The van der Waals surface area contributed by atoms with Crippen LogP contribution < -0.4 is 5.32 Å². The highest BCUT2D eigenvalue weighted by Crippen LogP contribution is 2.30. The summed E-state index contributed by atoms with van der Waals surface area (Å²) in [4.78, 5) is 40.7. The van der Waals surface area contributed by atoms with Crippen LogP contribution in [-0.2, 0) is 26.2 Å². The van der Waals surface area contributed by atoms with Gasteiger partial charge in [-0.15, -0.1) is 0 Å². The topological polar surface area (TPSA) is 104 Å². The molecule has 2 atom stereocenters. The lowest BCUT2D eigenvalue weighted by Gasteiger charge is -2.31. The van der Waals surface area contributed by atoms with E-state index in [2.05, 4.69) is 5.32 Å². The second-order valence-corrected chi connectivity index (χ2v) is 11.1. The van der Waals surface area contributed by atoms with Crippen LogP contribution >= 0.6 is 0 Å². The Bertz CT molecular complexity index is 1230. The number of carbonyl (C=O) groups excluding carboxylic acids is 3. The molecule has 194 valence electrons. The molecule has 1 aliphatic rings. The zero-order valence-corrected chi connectivity index (χ0v) is 22.2. The number of rotatable bonds is 11. The van der Waals surface area contributed by atoms with Gasteiger partial charge in [0.15, 0.2) is 0 Å². The Labute approximate surface area is 213 Å². The number of aryl methyl sites for hydroxylation is 1. The summed E-state index contributed by atoms with van der Waals surface area (Å²) in [5.74, 6) is -1.04. The predicted molar refractivity (Wildman–Crippen MR) is 138 cm³/mol. The smallest absolute Gasteiger partial charge is 0.269 e. The Morgan fingerprint density at radius 3 is 2.42 bits per heavy atom. The summed E-state index contributed by atoms with van der Waals surface area (Å²) in [6.45, 7) is 7.89. The van der Waals surface area contributed by atoms with Gasteiger partial charge in [-0.3, -0.25) is 14.4 Å². The molecule has 0 radical (unpaired) electrons. The van der Waals surface area contributed by atoms with Gasteiger partial charge in [0.25, 0.3) is 15.9 Å². The molecule has 0 bridgehead atoms. The number of hydrogen-bond donors (Lipinski definition) is 1. The van der Waals surface area contributed by atoms with Gasteiger partial charge in [-0.2, -0.15) is 0 Å². The van der Waals surface area contributed by atoms with Crippen molar-refractivity contribution in [3.63, 3.8) is 0 Å². The summed E-state index contributed by atoms with van der Waals surface area (Å²) in [5, 5.41) is 2.98. The highest BCUT2D eigenvalue weighted by atomic mass is 32.2. The summed E-state index contributed by atoms with van der Waals surface area (Å²) in [5.41, 5.74) is 2.11. The first-order valence-electron chi connectivity index (χ1n) is 12.4. The Hall–Kier alpha value is -3.20. The van der Waals surface area contributed by atoms with Gasteiger partial charge in [-0.1, -0.05) is 55.8 Å². The van der Waals surface area contributed by atoms with Gasteiger partial charge >= 0.3 is 0 Å². The number of sulfonamides is 1. The molecule has 8 nitrogen and oxygen atoms in total. The van der Waals surface area contributed by atoms with E-state index in [1.54, 1.807) is 17.0 Å². The molecule has 0 aromatic heterocycles. The highest BCUT2D eigenvalue weighted by Gasteiger charge is 2.40. The highest BCUT2D eigenvalue weighted by molar-refractivity contribution is 7.90. The predicted octanol–water partition coefficient (Wildman–Crippen LogP) is 3.64. The second-order valence-electron chi connectivity index (χ2n) is 9.23.